The molecule has 134 valence electrons. The maximum absolute atomic E-state index is 15.2. The number of nitrogens with one attached hydrogen (secondary N) is 1. The van der Waals surface area contributed by atoms with Crippen LogP contribution >= 0.6 is 0 Å². The van der Waals surface area contributed by atoms with Gasteiger partial charge in [-0.2, -0.15) is 0 Å². The summed E-state index contributed by atoms with van der Waals surface area (Å²) in [6.45, 7) is 4.28. The Hall–Kier alpha value is -2.48. The van der Waals surface area contributed by atoms with Gasteiger partial charge in [-0.3, -0.25) is 4.79 Å². The van der Waals surface area contributed by atoms with Crippen LogP contribution in [0.15, 0.2) is 17.1 Å². The Morgan fingerprint density at radius 2 is 2.08 bits per heavy atom. The molecule has 1 aliphatic heterocycles. The third kappa shape index (κ3) is 2.97. The minimum atomic E-state index is -1.42. The molecule has 3 rings (SSSR count). The summed E-state index contributed by atoms with van der Waals surface area (Å²) in [5.74, 6) is -3.10. The van der Waals surface area contributed by atoms with E-state index in [0.717, 1.165) is 25.2 Å². The fourth-order valence-corrected chi connectivity index (χ4v) is 3.24. The predicted octanol–water partition coefficient (Wildman–Crippen LogP) is 1.80. The summed E-state index contributed by atoms with van der Waals surface area (Å²) in [5.41, 5.74) is -1.61. The van der Waals surface area contributed by atoms with Gasteiger partial charge in [-0.05, 0) is 26.0 Å². The van der Waals surface area contributed by atoms with E-state index in [4.69, 9.17) is 5.11 Å². The lowest BCUT2D eigenvalue weighted by Crippen LogP contribution is -2.30. The van der Waals surface area contributed by atoms with E-state index in [0.29, 0.717) is 19.6 Å². The second kappa shape index (κ2) is 6.79. The lowest BCUT2D eigenvalue weighted by Gasteiger charge is -2.24. The SMILES string of the molecule is CCn1cc(C(=O)O)c(=O)c2cc(F)c(N3CCCNCC3)c(F)c21. The monoisotopic (exact) mass is 351 g/mol. The first-order chi connectivity index (χ1) is 12.0. The Morgan fingerprint density at radius 1 is 1.32 bits per heavy atom. The van der Waals surface area contributed by atoms with Crippen LogP contribution in [0.5, 0.6) is 0 Å². The highest BCUT2D eigenvalue weighted by Crippen LogP contribution is 2.30. The fraction of sp³-hybridized carbons (Fsp3) is 0.412. The fourth-order valence-electron chi connectivity index (χ4n) is 3.24. The van der Waals surface area contributed by atoms with Crippen molar-refractivity contribution < 1.29 is 18.7 Å². The van der Waals surface area contributed by atoms with E-state index in [2.05, 4.69) is 5.32 Å². The average Bonchev–Trinajstić information content (AvgIpc) is 2.84. The average molecular weight is 351 g/mol. The van der Waals surface area contributed by atoms with Crippen LogP contribution < -0.4 is 15.6 Å². The molecule has 0 spiro atoms. The number of aromatic nitrogens is 1. The molecule has 1 fully saturated rings. The van der Waals surface area contributed by atoms with Gasteiger partial charge in [0.25, 0.3) is 0 Å². The maximum atomic E-state index is 15.2. The zero-order valence-corrected chi connectivity index (χ0v) is 13.8. The summed E-state index contributed by atoms with van der Waals surface area (Å²) in [7, 11) is 0. The molecule has 6 nitrogen and oxygen atoms in total. The van der Waals surface area contributed by atoms with Crippen LogP contribution in [0.3, 0.4) is 0 Å². The number of benzene rings is 1. The normalized spacial score (nSPS) is 15.4. The number of carboxylic acid groups (broad SMARTS) is 1. The topological polar surface area (TPSA) is 74.6 Å². The van der Waals surface area contributed by atoms with Crippen molar-refractivity contribution in [2.75, 3.05) is 31.1 Å². The first-order valence-corrected chi connectivity index (χ1v) is 8.19. The summed E-state index contributed by atoms with van der Waals surface area (Å²) in [6.07, 6.45) is 1.86. The number of carbonyl (C=O) groups is 1. The van der Waals surface area contributed by atoms with Crippen LogP contribution in [0.2, 0.25) is 0 Å². The number of halogens is 2. The molecule has 0 radical (unpaired) electrons. The number of hydrogen-bond acceptors (Lipinski definition) is 4. The second-order valence-corrected chi connectivity index (χ2v) is 5.97. The van der Waals surface area contributed by atoms with Crippen LogP contribution in [0.1, 0.15) is 23.7 Å². The van der Waals surface area contributed by atoms with Gasteiger partial charge in [-0.25, -0.2) is 13.6 Å². The summed E-state index contributed by atoms with van der Waals surface area (Å²) < 4.78 is 31.2. The molecule has 0 saturated carbocycles. The van der Waals surface area contributed by atoms with Crippen molar-refractivity contribution in [3.8, 4) is 0 Å². The van der Waals surface area contributed by atoms with Crippen molar-refractivity contribution in [1.82, 2.24) is 9.88 Å². The Morgan fingerprint density at radius 3 is 2.76 bits per heavy atom. The summed E-state index contributed by atoms with van der Waals surface area (Å²) in [4.78, 5) is 25.2. The highest BCUT2D eigenvalue weighted by Gasteiger charge is 2.25. The van der Waals surface area contributed by atoms with Crippen molar-refractivity contribution in [2.24, 2.45) is 0 Å². The smallest absolute Gasteiger partial charge is 0.341 e. The summed E-state index contributed by atoms with van der Waals surface area (Å²) in [6, 6.07) is 0.951. The van der Waals surface area contributed by atoms with Gasteiger partial charge in [-0.1, -0.05) is 0 Å². The van der Waals surface area contributed by atoms with E-state index < -0.39 is 28.6 Å². The van der Waals surface area contributed by atoms with E-state index in [1.807, 2.05) is 0 Å². The second-order valence-electron chi connectivity index (χ2n) is 5.97. The third-order valence-corrected chi connectivity index (χ3v) is 4.46. The van der Waals surface area contributed by atoms with Gasteiger partial charge >= 0.3 is 5.97 Å². The molecule has 2 N–H and O–H groups in total. The standard InChI is InChI=1S/C17H19F2N3O3/c1-2-21-9-11(17(24)25)16(23)10-8-12(18)15(13(19)14(10)21)22-6-3-4-20-5-7-22/h8-9,20H,2-7H2,1H3,(H,24,25). The van der Waals surface area contributed by atoms with Crippen LogP contribution in [-0.2, 0) is 6.54 Å². The quantitative estimate of drug-likeness (QED) is 0.882. The number of fused-ring (bicyclic) bond motifs is 1. The van der Waals surface area contributed by atoms with Crippen molar-refractivity contribution in [3.63, 3.8) is 0 Å². The Kier molecular flexibility index (Phi) is 4.71. The molecule has 1 aliphatic rings. The molecular weight excluding hydrogens is 332 g/mol. The van der Waals surface area contributed by atoms with Crippen molar-refractivity contribution in [3.05, 3.63) is 39.7 Å². The molecule has 0 bridgehead atoms. The third-order valence-electron chi connectivity index (χ3n) is 4.46. The maximum Gasteiger partial charge on any atom is 0.341 e. The zero-order chi connectivity index (χ0) is 18.1. The summed E-state index contributed by atoms with van der Waals surface area (Å²) >= 11 is 0. The molecule has 0 aliphatic carbocycles. The molecule has 0 amide bonds. The van der Waals surface area contributed by atoms with Crippen molar-refractivity contribution in [2.45, 2.75) is 19.9 Å². The molecule has 0 atom stereocenters. The first kappa shape index (κ1) is 17.3. The van der Waals surface area contributed by atoms with Crippen LogP contribution in [0.4, 0.5) is 14.5 Å². The molecule has 1 saturated heterocycles. The van der Waals surface area contributed by atoms with E-state index in [1.165, 1.54) is 4.57 Å². The number of pyridine rings is 1. The Labute approximate surface area is 142 Å². The van der Waals surface area contributed by atoms with Crippen LogP contribution in [0, 0.1) is 11.6 Å². The molecule has 2 aromatic rings. The van der Waals surface area contributed by atoms with E-state index in [1.54, 1.807) is 11.8 Å². The van der Waals surface area contributed by atoms with E-state index in [9.17, 15) is 14.0 Å². The number of aryl methyl sites for hydroxylation is 1. The molecule has 8 heteroatoms. The zero-order valence-electron chi connectivity index (χ0n) is 13.8. The van der Waals surface area contributed by atoms with E-state index >= 15 is 4.39 Å². The number of aromatic carboxylic acids is 1. The van der Waals surface area contributed by atoms with Gasteiger partial charge in [0.05, 0.1) is 10.9 Å². The molecule has 1 aromatic carbocycles. The predicted molar refractivity (Wildman–Crippen MR) is 90.5 cm³/mol. The minimum Gasteiger partial charge on any atom is -0.477 e. The number of nitrogens with zero attached hydrogens (tertiary/aromatic N) is 2. The molecule has 2 heterocycles. The van der Waals surface area contributed by atoms with Crippen LogP contribution in [-0.4, -0.2) is 41.8 Å². The lowest BCUT2D eigenvalue weighted by atomic mass is 10.1. The largest absolute Gasteiger partial charge is 0.477 e. The van der Waals surface area contributed by atoms with Gasteiger partial charge in [0.1, 0.15) is 17.1 Å². The minimum absolute atomic E-state index is 0.0638. The number of hydrogen-bond donors (Lipinski definition) is 2. The number of rotatable bonds is 3. The van der Waals surface area contributed by atoms with Crippen LogP contribution in [0.25, 0.3) is 10.9 Å². The Balaban J connectivity index is 2.30. The van der Waals surface area contributed by atoms with Gasteiger partial charge in [-0.15, -0.1) is 0 Å². The molecule has 25 heavy (non-hydrogen) atoms. The van der Waals surface area contributed by atoms with Gasteiger partial charge < -0.3 is 19.9 Å². The first-order valence-electron chi connectivity index (χ1n) is 8.19. The highest BCUT2D eigenvalue weighted by molar-refractivity contribution is 5.93. The number of anilines is 1. The van der Waals surface area contributed by atoms with E-state index in [-0.39, 0.29) is 23.1 Å². The molecular formula is C17H19F2N3O3. The summed E-state index contributed by atoms with van der Waals surface area (Å²) in [5, 5.41) is 12.1. The number of carboxylic acids is 1. The van der Waals surface area contributed by atoms with Gasteiger partial charge in [0, 0.05) is 32.4 Å². The molecule has 1 aromatic heterocycles. The highest BCUT2D eigenvalue weighted by atomic mass is 19.1. The lowest BCUT2D eigenvalue weighted by molar-refractivity contribution is 0.0695. The van der Waals surface area contributed by atoms with Gasteiger partial charge in [0.15, 0.2) is 5.82 Å². The van der Waals surface area contributed by atoms with Crippen molar-refractivity contribution in [1.29, 1.82) is 0 Å². The van der Waals surface area contributed by atoms with Crippen molar-refractivity contribution >= 4 is 22.6 Å². The molecule has 0 unspecified atom stereocenters. The Bertz CT molecular complexity index is 887. The van der Waals surface area contributed by atoms with Gasteiger partial charge in [0.2, 0.25) is 5.43 Å².